The molecule has 0 spiro atoms. The lowest BCUT2D eigenvalue weighted by Crippen LogP contribution is -2.54. The van der Waals surface area contributed by atoms with E-state index in [0.29, 0.717) is 6.01 Å². The van der Waals surface area contributed by atoms with Crippen LogP contribution >= 0.6 is 0 Å². The molecule has 1 rings (SSSR count). The summed E-state index contributed by atoms with van der Waals surface area (Å²) < 4.78 is 5.55. The highest BCUT2D eigenvalue weighted by molar-refractivity contribution is 4.88. The third-order valence-electron chi connectivity index (χ3n) is 1.65. The van der Waals surface area contributed by atoms with Crippen LogP contribution in [0, 0.1) is 0 Å². The van der Waals surface area contributed by atoms with Crippen LogP contribution in [0.3, 0.4) is 0 Å². The fourth-order valence-electron chi connectivity index (χ4n) is 1.10. The molecule has 0 saturated heterocycles. The van der Waals surface area contributed by atoms with Gasteiger partial charge in [0.25, 0.3) is 0 Å². The molecule has 1 atom stereocenters. The Morgan fingerprint density at radius 2 is 1.94 bits per heavy atom. The molecule has 0 fully saturated rings. The van der Waals surface area contributed by atoms with Gasteiger partial charge in [0.05, 0.1) is 0 Å². The lowest BCUT2D eigenvalue weighted by molar-refractivity contribution is 0.0892. The normalized spacial score (nSPS) is 13.5. The predicted molar refractivity (Wildman–Crippen MR) is 60.8 cm³/mol. The zero-order valence-corrected chi connectivity index (χ0v) is 10.2. The van der Waals surface area contributed by atoms with Gasteiger partial charge in [-0.15, -0.1) is 0 Å². The van der Waals surface area contributed by atoms with Crippen LogP contribution in [0.5, 0.6) is 6.01 Å². The van der Waals surface area contributed by atoms with E-state index >= 15 is 0 Å². The molecule has 6 nitrogen and oxygen atoms in total. The monoisotopic (exact) mass is 225 g/mol. The predicted octanol–water partition coefficient (Wildman–Crippen LogP) is 0.532. The van der Waals surface area contributed by atoms with Gasteiger partial charge in [-0.05, 0) is 27.3 Å². The molecule has 0 aliphatic heterocycles. The molecule has 0 aliphatic carbocycles. The molecular formula is C10H19N5O. The largest absolute Gasteiger partial charge is 0.431 e. The minimum Gasteiger partial charge on any atom is -0.431 e. The Kier molecular flexibility index (Phi) is 4.57. The van der Waals surface area contributed by atoms with Gasteiger partial charge in [0.2, 0.25) is 6.35 Å². The van der Waals surface area contributed by atoms with Crippen molar-refractivity contribution in [3.05, 3.63) is 12.7 Å². The molecule has 1 heterocycles. The molecule has 1 aromatic rings. The summed E-state index contributed by atoms with van der Waals surface area (Å²) in [5.74, 6) is 0. The van der Waals surface area contributed by atoms with Crippen molar-refractivity contribution < 1.29 is 4.74 Å². The van der Waals surface area contributed by atoms with Gasteiger partial charge in [0.1, 0.15) is 12.7 Å². The quantitative estimate of drug-likeness (QED) is 0.712. The van der Waals surface area contributed by atoms with Gasteiger partial charge in [0.15, 0.2) is 0 Å². The van der Waals surface area contributed by atoms with Crippen molar-refractivity contribution in [1.29, 1.82) is 0 Å². The number of nitrogens with one attached hydrogen (secondary N) is 2. The number of hydrogen-bond donors (Lipinski definition) is 2. The highest BCUT2D eigenvalue weighted by Crippen LogP contribution is 2.03. The van der Waals surface area contributed by atoms with Gasteiger partial charge >= 0.3 is 6.01 Å². The summed E-state index contributed by atoms with van der Waals surface area (Å²) in [6.07, 6.45) is 2.50. The topological polar surface area (TPSA) is 72.0 Å². The minimum atomic E-state index is -0.313. The Morgan fingerprint density at radius 1 is 1.31 bits per heavy atom. The third kappa shape index (κ3) is 4.99. The van der Waals surface area contributed by atoms with Crippen molar-refractivity contribution in [3.63, 3.8) is 0 Å². The van der Waals surface area contributed by atoms with Gasteiger partial charge in [-0.3, -0.25) is 10.6 Å². The first-order valence-electron chi connectivity index (χ1n) is 5.31. The van der Waals surface area contributed by atoms with Crippen molar-refractivity contribution in [2.24, 2.45) is 0 Å². The van der Waals surface area contributed by atoms with Crippen molar-refractivity contribution in [2.75, 3.05) is 6.54 Å². The van der Waals surface area contributed by atoms with E-state index < -0.39 is 0 Å². The second-order valence-electron chi connectivity index (χ2n) is 4.37. The second-order valence-corrected chi connectivity index (χ2v) is 4.37. The van der Waals surface area contributed by atoms with E-state index in [2.05, 4.69) is 46.4 Å². The number of aromatic nitrogens is 3. The van der Waals surface area contributed by atoms with Gasteiger partial charge < -0.3 is 4.74 Å². The molecule has 1 unspecified atom stereocenters. The Balaban J connectivity index is 2.58. The lowest BCUT2D eigenvalue weighted by Gasteiger charge is -2.28. The van der Waals surface area contributed by atoms with Crippen LogP contribution in [0.15, 0.2) is 12.7 Å². The van der Waals surface area contributed by atoms with E-state index in [1.54, 1.807) is 0 Å². The van der Waals surface area contributed by atoms with E-state index in [-0.39, 0.29) is 11.9 Å². The molecule has 0 aliphatic rings. The molecule has 16 heavy (non-hydrogen) atoms. The highest BCUT2D eigenvalue weighted by atomic mass is 16.5. The van der Waals surface area contributed by atoms with E-state index in [9.17, 15) is 0 Å². The average molecular weight is 225 g/mol. The Morgan fingerprint density at radius 3 is 2.44 bits per heavy atom. The smallest absolute Gasteiger partial charge is 0.321 e. The van der Waals surface area contributed by atoms with Gasteiger partial charge in [-0.2, -0.15) is 9.97 Å². The van der Waals surface area contributed by atoms with Crippen molar-refractivity contribution in [3.8, 4) is 6.01 Å². The fraction of sp³-hybridized carbons (Fsp3) is 0.700. The molecule has 0 radical (unpaired) electrons. The van der Waals surface area contributed by atoms with E-state index in [0.717, 1.165) is 6.54 Å². The van der Waals surface area contributed by atoms with Crippen LogP contribution in [-0.4, -0.2) is 33.4 Å². The molecule has 0 bridgehead atoms. The molecule has 0 aromatic carbocycles. The van der Waals surface area contributed by atoms with Crippen molar-refractivity contribution in [2.45, 2.75) is 39.6 Å². The molecule has 90 valence electrons. The van der Waals surface area contributed by atoms with Crippen LogP contribution < -0.4 is 15.4 Å². The minimum absolute atomic E-state index is 0.0557. The molecule has 6 heteroatoms. The number of nitrogens with zero attached hydrogens (tertiary/aromatic N) is 3. The highest BCUT2D eigenvalue weighted by Gasteiger charge is 2.18. The SMILES string of the molecule is CCNC(NC(C)(C)C)Oc1ncncn1. The Hall–Kier alpha value is -1.27. The number of hydrogen-bond acceptors (Lipinski definition) is 6. The van der Waals surface area contributed by atoms with Gasteiger partial charge in [-0.1, -0.05) is 6.92 Å². The lowest BCUT2D eigenvalue weighted by atomic mass is 10.1. The average Bonchev–Trinajstić information content (AvgIpc) is 2.17. The van der Waals surface area contributed by atoms with Crippen LogP contribution in [0.1, 0.15) is 27.7 Å². The first kappa shape index (κ1) is 12.8. The second kappa shape index (κ2) is 5.72. The third-order valence-corrected chi connectivity index (χ3v) is 1.65. The maximum Gasteiger partial charge on any atom is 0.321 e. The first-order chi connectivity index (χ1) is 7.51. The number of rotatable bonds is 5. The van der Waals surface area contributed by atoms with E-state index in [1.807, 2.05) is 6.92 Å². The molecular weight excluding hydrogens is 206 g/mol. The standard InChI is InChI=1S/C10H19N5O/c1-5-12-9(15-10(2,3)4)16-8-13-6-11-7-14-8/h6-7,9,12,15H,5H2,1-4H3. The summed E-state index contributed by atoms with van der Waals surface area (Å²) in [5, 5.41) is 6.43. The zero-order chi connectivity index (χ0) is 12.0. The van der Waals surface area contributed by atoms with Gasteiger partial charge in [-0.25, -0.2) is 4.98 Å². The Labute approximate surface area is 95.9 Å². The molecule has 2 N–H and O–H groups in total. The van der Waals surface area contributed by atoms with E-state index in [4.69, 9.17) is 4.74 Å². The van der Waals surface area contributed by atoms with E-state index in [1.165, 1.54) is 12.7 Å². The molecule has 1 aromatic heterocycles. The summed E-state index contributed by atoms with van der Waals surface area (Å²) in [6, 6.07) is 0.303. The summed E-state index contributed by atoms with van der Waals surface area (Å²) >= 11 is 0. The summed E-state index contributed by atoms with van der Waals surface area (Å²) in [7, 11) is 0. The van der Waals surface area contributed by atoms with Gasteiger partial charge in [0, 0.05) is 5.54 Å². The van der Waals surface area contributed by atoms with Crippen LogP contribution in [0.4, 0.5) is 0 Å². The zero-order valence-electron chi connectivity index (χ0n) is 10.2. The van der Waals surface area contributed by atoms with Crippen LogP contribution in [0.2, 0.25) is 0 Å². The first-order valence-corrected chi connectivity index (χ1v) is 5.31. The summed E-state index contributed by atoms with van der Waals surface area (Å²) in [6.45, 7) is 8.99. The van der Waals surface area contributed by atoms with Crippen LogP contribution in [-0.2, 0) is 0 Å². The van der Waals surface area contributed by atoms with Crippen LogP contribution in [0.25, 0.3) is 0 Å². The maximum absolute atomic E-state index is 5.55. The van der Waals surface area contributed by atoms with Crippen molar-refractivity contribution in [1.82, 2.24) is 25.6 Å². The molecule has 0 amide bonds. The summed E-state index contributed by atoms with van der Waals surface area (Å²) in [4.78, 5) is 11.5. The number of ether oxygens (including phenoxy) is 1. The van der Waals surface area contributed by atoms with Crippen molar-refractivity contribution >= 4 is 0 Å². The fourth-order valence-corrected chi connectivity index (χ4v) is 1.10. The summed E-state index contributed by atoms with van der Waals surface area (Å²) in [5.41, 5.74) is -0.0557. The molecule has 0 saturated carbocycles. The maximum atomic E-state index is 5.55. The Bertz CT molecular complexity index is 298.